The van der Waals surface area contributed by atoms with E-state index in [0.29, 0.717) is 36.3 Å². The van der Waals surface area contributed by atoms with Crippen molar-refractivity contribution in [2.45, 2.75) is 45.1 Å². The number of rotatable bonds is 4. The summed E-state index contributed by atoms with van der Waals surface area (Å²) in [7, 11) is 2.20. The lowest BCUT2D eigenvalue weighted by atomic mass is 9.89. The first-order valence-electron chi connectivity index (χ1n) is 13.3. The Morgan fingerprint density at radius 2 is 1.95 bits per heavy atom. The Labute approximate surface area is 221 Å². The van der Waals surface area contributed by atoms with Crippen molar-refractivity contribution in [3.05, 3.63) is 46.6 Å². The monoisotopic (exact) mass is 518 g/mol. The minimum absolute atomic E-state index is 0.145. The van der Waals surface area contributed by atoms with E-state index in [2.05, 4.69) is 47.4 Å². The second-order valence-corrected chi connectivity index (χ2v) is 12.1. The fourth-order valence-corrected chi connectivity index (χ4v) is 7.53. The van der Waals surface area contributed by atoms with Gasteiger partial charge in [0.25, 0.3) is 0 Å². The molecule has 2 amide bonds. The zero-order chi connectivity index (χ0) is 25.8. The maximum absolute atomic E-state index is 13.4. The number of amides is 2. The summed E-state index contributed by atoms with van der Waals surface area (Å²) in [5.41, 5.74) is 9.27. The molecule has 3 aliphatic rings. The normalized spacial score (nSPS) is 27.3. The van der Waals surface area contributed by atoms with Gasteiger partial charge in [-0.15, -0.1) is 11.3 Å². The third-order valence-electron chi connectivity index (χ3n) is 8.39. The van der Waals surface area contributed by atoms with Crippen molar-refractivity contribution in [3.8, 4) is 0 Å². The second kappa shape index (κ2) is 9.36. The maximum atomic E-state index is 13.4. The SMILES string of the molecule is CCc1cc(NC(=O)C(=O)N2C[C@@H](C)CC[C@@H]2c2ccc3sc(C4[C@H]5CN(C)C[C@@H]45)nc3c2)cnc1N. The highest BCUT2D eigenvalue weighted by molar-refractivity contribution is 7.18. The van der Waals surface area contributed by atoms with E-state index in [1.54, 1.807) is 11.0 Å². The van der Waals surface area contributed by atoms with Gasteiger partial charge in [0.2, 0.25) is 0 Å². The average molecular weight is 519 g/mol. The van der Waals surface area contributed by atoms with Gasteiger partial charge in [-0.3, -0.25) is 9.59 Å². The van der Waals surface area contributed by atoms with Gasteiger partial charge < -0.3 is 20.9 Å². The number of benzene rings is 1. The molecule has 3 aromatic rings. The molecule has 194 valence electrons. The van der Waals surface area contributed by atoms with Crippen LogP contribution in [0.4, 0.5) is 11.5 Å². The van der Waals surface area contributed by atoms with Crippen LogP contribution in [0.2, 0.25) is 0 Å². The predicted molar refractivity (Wildman–Crippen MR) is 146 cm³/mol. The van der Waals surface area contributed by atoms with Crippen LogP contribution < -0.4 is 11.1 Å². The summed E-state index contributed by atoms with van der Waals surface area (Å²) in [4.78, 5) is 39.8. The van der Waals surface area contributed by atoms with Crippen LogP contribution in [0.3, 0.4) is 0 Å². The van der Waals surface area contributed by atoms with Crippen LogP contribution in [0.5, 0.6) is 0 Å². The van der Waals surface area contributed by atoms with E-state index in [0.717, 1.165) is 41.3 Å². The molecule has 0 spiro atoms. The molecule has 9 heteroatoms. The standard InChI is InChI=1S/C28H34N6O2S/c1-4-16-9-18(11-30-25(16)29)31-26(35)28(36)34-12-15(2)5-7-22(34)17-6-8-23-21(10-17)32-27(37-23)24-19-13-33(3)14-20(19)24/h6,8-11,15,19-20,22,24H,4-5,7,12-14H2,1-3H3,(H2,29,30)(H,31,35)/t15-,19-,20+,22+,24?/m0/s1. The van der Waals surface area contributed by atoms with Gasteiger partial charge in [-0.2, -0.15) is 0 Å². The highest BCUT2D eigenvalue weighted by atomic mass is 32.1. The summed E-state index contributed by atoms with van der Waals surface area (Å²) in [6, 6.07) is 8.03. The maximum Gasteiger partial charge on any atom is 0.313 e. The molecule has 2 aromatic heterocycles. The lowest BCUT2D eigenvalue weighted by molar-refractivity contribution is -0.146. The molecule has 1 saturated carbocycles. The summed E-state index contributed by atoms with van der Waals surface area (Å²) in [5, 5.41) is 3.99. The molecule has 2 saturated heterocycles. The molecule has 5 atom stereocenters. The number of hydrogen-bond donors (Lipinski definition) is 2. The number of thiazole rings is 1. The molecule has 3 fully saturated rings. The van der Waals surface area contributed by atoms with Gasteiger partial charge in [0.05, 0.1) is 33.2 Å². The fraction of sp³-hybridized carbons (Fsp3) is 0.500. The summed E-state index contributed by atoms with van der Waals surface area (Å²) in [6.07, 6.45) is 4.03. The number of piperidine rings is 2. The van der Waals surface area contributed by atoms with Crippen molar-refractivity contribution in [1.29, 1.82) is 0 Å². The highest BCUT2D eigenvalue weighted by Gasteiger charge is 2.56. The first kappa shape index (κ1) is 24.3. The highest BCUT2D eigenvalue weighted by Crippen LogP contribution is 2.59. The van der Waals surface area contributed by atoms with Crippen molar-refractivity contribution < 1.29 is 9.59 Å². The van der Waals surface area contributed by atoms with Crippen LogP contribution >= 0.6 is 11.3 Å². The molecule has 8 nitrogen and oxygen atoms in total. The molecule has 4 heterocycles. The molecule has 2 aliphatic heterocycles. The van der Waals surface area contributed by atoms with Crippen molar-refractivity contribution in [2.75, 3.05) is 37.7 Å². The molecule has 0 bridgehead atoms. The number of likely N-dealkylation sites (tertiary alicyclic amines) is 2. The number of nitrogens with zero attached hydrogens (tertiary/aromatic N) is 4. The van der Waals surface area contributed by atoms with E-state index in [1.807, 2.05) is 18.3 Å². The van der Waals surface area contributed by atoms with Crippen molar-refractivity contribution >= 4 is 44.9 Å². The van der Waals surface area contributed by atoms with Gasteiger partial charge >= 0.3 is 11.8 Å². The zero-order valence-electron chi connectivity index (χ0n) is 21.6. The third kappa shape index (κ3) is 4.48. The summed E-state index contributed by atoms with van der Waals surface area (Å²) in [6.45, 7) is 6.99. The molecule has 1 aromatic carbocycles. The lowest BCUT2D eigenvalue weighted by Gasteiger charge is -2.38. The van der Waals surface area contributed by atoms with Crippen LogP contribution in [0, 0.1) is 17.8 Å². The number of aryl methyl sites for hydroxylation is 1. The molecule has 1 aliphatic carbocycles. The molecular formula is C28H34N6O2S. The summed E-state index contributed by atoms with van der Waals surface area (Å²) >= 11 is 1.81. The van der Waals surface area contributed by atoms with Crippen LogP contribution in [0.1, 0.15) is 54.8 Å². The predicted octanol–water partition coefficient (Wildman–Crippen LogP) is 4.05. The Hall–Kier alpha value is -3.04. The van der Waals surface area contributed by atoms with Crippen LogP contribution in [-0.4, -0.2) is 58.3 Å². The Morgan fingerprint density at radius 1 is 1.16 bits per heavy atom. The first-order valence-corrected chi connectivity index (χ1v) is 14.1. The Bertz CT molecular complexity index is 1360. The van der Waals surface area contributed by atoms with Crippen molar-refractivity contribution in [2.24, 2.45) is 17.8 Å². The molecule has 1 unspecified atom stereocenters. The third-order valence-corrected chi connectivity index (χ3v) is 9.53. The van der Waals surface area contributed by atoms with E-state index in [4.69, 9.17) is 10.7 Å². The van der Waals surface area contributed by atoms with Gasteiger partial charge in [-0.25, -0.2) is 9.97 Å². The molecule has 0 radical (unpaired) electrons. The fourth-order valence-electron chi connectivity index (χ4n) is 6.33. The molecule has 3 N–H and O–H groups in total. The smallest absolute Gasteiger partial charge is 0.313 e. The van der Waals surface area contributed by atoms with E-state index in [-0.39, 0.29) is 6.04 Å². The minimum Gasteiger partial charge on any atom is -0.383 e. The Morgan fingerprint density at radius 3 is 2.70 bits per heavy atom. The van der Waals surface area contributed by atoms with E-state index in [1.165, 1.54) is 29.0 Å². The van der Waals surface area contributed by atoms with Gasteiger partial charge in [0.1, 0.15) is 5.82 Å². The number of aromatic nitrogens is 2. The quantitative estimate of drug-likeness (QED) is 0.505. The lowest BCUT2D eigenvalue weighted by Crippen LogP contribution is -2.46. The number of anilines is 2. The van der Waals surface area contributed by atoms with Gasteiger partial charge in [-0.05, 0) is 73.4 Å². The number of carbonyl (C=O) groups is 2. The topological polar surface area (TPSA) is 104 Å². The molecule has 37 heavy (non-hydrogen) atoms. The van der Waals surface area contributed by atoms with Gasteiger partial charge in [0.15, 0.2) is 0 Å². The first-order chi connectivity index (χ1) is 17.8. The molecule has 6 rings (SSSR count). The Balaban J connectivity index is 1.22. The van der Waals surface area contributed by atoms with E-state index >= 15 is 0 Å². The molecular weight excluding hydrogens is 484 g/mol. The van der Waals surface area contributed by atoms with Crippen LogP contribution in [-0.2, 0) is 16.0 Å². The number of nitrogens with two attached hydrogens (primary N) is 1. The number of fused-ring (bicyclic) bond motifs is 2. The summed E-state index contributed by atoms with van der Waals surface area (Å²) in [5.74, 6) is 1.72. The largest absolute Gasteiger partial charge is 0.383 e. The van der Waals surface area contributed by atoms with Crippen LogP contribution in [0.25, 0.3) is 10.2 Å². The number of carbonyl (C=O) groups excluding carboxylic acids is 2. The number of nitrogen functional groups attached to an aromatic ring is 1. The van der Waals surface area contributed by atoms with Gasteiger partial charge in [0, 0.05) is 25.6 Å². The number of pyridine rings is 1. The summed E-state index contributed by atoms with van der Waals surface area (Å²) < 4.78 is 1.19. The van der Waals surface area contributed by atoms with E-state index < -0.39 is 11.8 Å². The minimum atomic E-state index is -0.644. The van der Waals surface area contributed by atoms with E-state index in [9.17, 15) is 9.59 Å². The Kier molecular flexibility index (Phi) is 6.15. The second-order valence-electron chi connectivity index (χ2n) is 11.1. The van der Waals surface area contributed by atoms with Crippen molar-refractivity contribution in [3.63, 3.8) is 0 Å². The number of hydrogen-bond acceptors (Lipinski definition) is 7. The van der Waals surface area contributed by atoms with Crippen LogP contribution in [0.15, 0.2) is 30.5 Å². The number of nitrogens with one attached hydrogen (secondary N) is 1. The van der Waals surface area contributed by atoms with Crippen molar-refractivity contribution in [1.82, 2.24) is 19.8 Å². The average Bonchev–Trinajstić information content (AvgIpc) is 3.19. The zero-order valence-corrected chi connectivity index (χ0v) is 22.4. The van der Waals surface area contributed by atoms with Gasteiger partial charge in [-0.1, -0.05) is 19.9 Å².